The maximum Gasteiger partial charge on any atom is 0.194 e. The van der Waals surface area contributed by atoms with Gasteiger partial charge < -0.3 is 0 Å². The zero-order valence-electron chi connectivity index (χ0n) is 35.1. The Balaban J connectivity index is 0.969. The molecule has 6 nitrogen and oxygen atoms in total. The van der Waals surface area contributed by atoms with Gasteiger partial charge in [-0.25, -0.2) is 8.78 Å². The summed E-state index contributed by atoms with van der Waals surface area (Å²) in [4.78, 5) is 30.3. The van der Waals surface area contributed by atoms with Gasteiger partial charge in [0, 0.05) is 74.9 Å². The van der Waals surface area contributed by atoms with E-state index in [2.05, 4.69) is 27.7 Å². The zero-order chi connectivity index (χ0) is 45.9. The van der Waals surface area contributed by atoms with Gasteiger partial charge in [-0.1, -0.05) is 76.2 Å². The fraction of sp³-hybridized carbons (Fsp3) is 0.111. The Bertz CT molecular complexity index is 3760. The van der Waals surface area contributed by atoms with E-state index < -0.39 is 10.8 Å². The minimum Gasteiger partial charge on any atom is -0.289 e. The lowest BCUT2D eigenvalue weighted by atomic mass is 9.81. The third kappa shape index (κ3) is 5.02. The Morgan fingerprint density at radius 2 is 0.894 bits per heavy atom. The molecule has 0 unspecified atom stereocenters. The van der Waals surface area contributed by atoms with Crippen LogP contribution in [0.1, 0.15) is 91.5 Å². The van der Waals surface area contributed by atoms with Crippen molar-refractivity contribution in [2.75, 3.05) is 0 Å². The summed E-state index contributed by atoms with van der Waals surface area (Å²) < 4.78 is 37.4. The van der Waals surface area contributed by atoms with Crippen LogP contribution < -0.4 is 0 Å². The van der Waals surface area contributed by atoms with Crippen molar-refractivity contribution in [1.82, 2.24) is 0 Å². The van der Waals surface area contributed by atoms with Gasteiger partial charge in [0.25, 0.3) is 0 Å². The average molecular weight is 929 g/mol. The van der Waals surface area contributed by atoms with Crippen molar-refractivity contribution >= 4 is 110 Å². The van der Waals surface area contributed by atoms with E-state index in [1.54, 1.807) is 83.4 Å². The molecule has 312 valence electrons. The highest BCUT2D eigenvalue weighted by atomic mass is 32.1. The Morgan fingerprint density at radius 3 is 1.26 bits per heavy atom. The maximum absolute atomic E-state index is 17.3. The second-order valence-corrected chi connectivity index (χ2v) is 21.9. The number of rotatable bonds is 2. The number of nitriles is 4. The first-order chi connectivity index (χ1) is 31.7. The van der Waals surface area contributed by atoms with Gasteiger partial charge in [-0.15, -0.1) is 45.3 Å². The van der Waals surface area contributed by atoms with E-state index in [-0.39, 0.29) is 56.6 Å². The normalized spacial score (nSPS) is 16.9. The first-order valence-electron chi connectivity index (χ1n) is 20.7. The lowest BCUT2D eigenvalue weighted by molar-refractivity contribution is 0.103. The maximum atomic E-state index is 17.3. The highest BCUT2D eigenvalue weighted by molar-refractivity contribution is 7.32. The molecule has 0 N–H and O–H groups in total. The molecule has 12 heteroatoms. The van der Waals surface area contributed by atoms with Crippen molar-refractivity contribution in [2.24, 2.45) is 0 Å². The molecule has 4 aliphatic rings. The number of Topliss-reactive ketones (excluding diaryl/α,β-unsaturated/α-hetero) is 2. The molecule has 4 heterocycles. The molecule has 4 aromatic carbocycles. The van der Waals surface area contributed by atoms with Gasteiger partial charge in [-0.2, -0.15) is 21.0 Å². The number of nitrogens with zero attached hydrogens (tertiary/aromatic N) is 4. The summed E-state index contributed by atoms with van der Waals surface area (Å²) in [5.41, 5.74) is 6.17. The van der Waals surface area contributed by atoms with Crippen LogP contribution in [0.4, 0.5) is 8.78 Å². The molecule has 66 heavy (non-hydrogen) atoms. The van der Waals surface area contributed by atoms with E-state index in [1.165, 1.54) is 22.7 Å². The van der Waals surface area contributed by atoms with E-state index in [9.17, 15) is 30.6 Å². The molecule has 0 fully saturated rings. The van der Waals surface area contributed by atoms with Gasteiger partial charge in [0.05, 0.1) is 18.8 Å². The van der Waals surface area contributed by atoms with Crippen LogP contribution in [0.15, 0.2) is 95.1 Å². The van der Waals surface area contributed by atoms with Gasteiger partial charge in [0.15, 0.2) is 11.6 Å². The number of allylic oxidation sites excluding steroid dienone is 6. The van der Waals surface area contributed by atoms with Crippen LogP contribution in [0, 0.1) is 57.0 Å². The minimum atomic E-state index is -0.613. The summed E-state index contributed by atoms with van der Waals surface area (Å²) >= 11 is 5.54. The number of hydrogen-bond donors (Lipinski definition) is 0. The molecular weight excluding hydrogens is 903 g/mol. The molecule has 0 saturated heterocycles. The fourth-order valence-electron chi connectivity index (χ4n) is 10.6. The number of carbonyl (C=O) groups is 2. The highest BCUT2D eigenvalue weighted by Gasteiger charge is 2.47. The van der Waals surface area contributed by atoms with E-state index in [0.717, 1.165) is 41.4 Å². The summed E-state index contributed by atoms with van der Waals surface area (Å²) in [6.07, 6.45) is 3.32. The summed E-state index contributed by atoms with van der Waals surface area (Å²) in [6.45, 7) is 8.39. The van der Waals surface area contributed by atoms with Gasteiger partial charge in [0.1, 0.15) is 47.1 Å². The van der Waals surface area contributed by atoms with Crippen LogP contribution in [-0.4, -0.2) is 11.6 Å². The molecule has 4 aromatic heterocycles. The van der Waals surface area contributed by atoms with Crippen molar-refractivity contribution in [2.45, 2.75) is 38.5 Å². The topological polar surface area (TPSA) is 129 Å². The number of carbonyl (C=O) groups excluding carboxylic acids is 2. The second-order valence-electron chi connectivity index (χ2n) is 17.7. The third-order valence-corrected chi connectivity index (χ3v) is 18.3. The number of benzene rings is 4. The average Bonchev–Trinajstić information content (AvgIpc) is 4.18. The first kappa shape index (κ1) is 40.1. The molecule has 0 bridgehead atoms. The van der Waals surface area contributed by atoms with Crippen LogP contribution in [0.25, 0.3) is 73.8 Å². The standard InChI is InChI=1S/C54H26F2N4O2S4/c1-53(2)35-15-23-13-27(17-33-37(25(19-57)20-58)29-9-5-7-11-31(29)45(33)61)63-47(23)43(55)39(35)49-41(53)51-52(65-49)42-50(66-51)40-36(54(42,3)4)16-24-14-28(64-48(24)44(40)56)18-34-38(26(21-59)22-60)30-10-6-8-12-32(30)46(34)62/h5-18H,1-4H3/b33-17-,34-18-. The Kier molecular flexibility index (Phi) is 8.24. The molecule has 0 saturated carbocycles. The molecule has 8 aromatic rings. The predicted octanol–water partition coefficient (Wildman–Crippen LogP) is 14.4. The third-order valence-electron chi connectivity index (χ3n) is 13.5. The summed E-state index contributed by atoms with van der Waals surface area (Å²) in [7, 11) is 0. The number of thiophene rings is 4. The molecule has 0 amide bonds. The van der Waals surface area contributed by atoms with Crippen LogP contribution in [0.2, 0.25) is 0 Å². The van der Waals surface area contributed by atoms with Crippen molar-refractivity contribution < 1.29 is 18.4 Å². The summed E-state index contributed by atoms with van der Waals surface area (Å²) in [5.74, 6) is -1.28. The summed E-state index contributed by atoms with van der Waals surface area (Å²) in [6, 6.07) is 29.4. The van der Waals surface area contributed by atoms with Crippen molar-refractivity contribution in [3.8, 4) is 45.2 Å². The Hall–Kier alpha value is -7.42. The smallest absolute Gasteiger partial charge is 0.194 e. The summed E-state index contributed by atoms with van der Waals surface area (Å²) in [5, 5.41) is 40.6. The van der Waals surface area contributed by atoms with Crippen LogP contribution >= 0.6 is 45.3 Å². The van der Waals surface area contributed by atoms with Crippen molar-refractivity contribution in [1.29, 1.82) is 21.0 Å². The Labute approximate surface area is 391 Å². The molecule has 0 spiro atoms. The van der Waals surface area contributed by atoms with Gasteiger partial charge >= 0.3 is 0 Å². The van der Waals surface area contributed by atoms with E-state index >= 15 is 8.78 Å². The molecule has 4 aliphatic carbocycles. The van der Waals surface area contributed by atoms with Gasteiger partial charge in [-0.05, 0) is 80.6 Å². The number of hydrogen-bond acceptors (Lipinski definition) is 10. The Morgan fingerprint density at radius 1 is 0.530 bits per heavy atom. The molecule has 0 atom stereocenters. The quantitative estimate of drug-likeness (QED) is 0.125. The largest absolute Gasteiger partial charge is 0.289 e. The van der Waals surface area contributed by atoms with E-state index in [0.29, 0.717) is 63.3 Å². The van der Waals surface area contributed by atoms with Crippen LogP contribution in [0.5, 0.6) is 0 Å². The number of ketones is 2. The lowest BCUT2D eigenvalue weighted by Gasteiger charge is -2.22. The fourth-order valence-corrected chi connectivity index (χ4v) is 16.2. The molecular formula is C54H26F2N4O2S4. The van der Waals surface area contributed by atoms with Gasteiger partial charge in [0.2, 0.25) is 0 Å². The minimum absolute atomic E-state index is 0.160. The monoisotopic (exact) mass is 928 g/mol. The van der Waals surface area contributed by atoms with Crippen LogP contribution in [-0.2, 0) is 10.8 Å². The molecule has 0 aliphatic heterocycles. The van der Waals surface area contributed by atoms with Crippen LogP contribution in [0.3, 0.4) is 0 Å². The van der Waals surface area contributed by atoms with Gasteiger partial charge in [-0.3, -0.25) is 9.59 Å². The highest BCUT2D eigenvalue weighted by Crippen LogP contribution is 2.65. The first-order valence-corrected chi connectivity index (χ1v) is 23.9. The molecule has 12 rings (SSSR count). The SMILES string of the molecule is CC1(C)c2cc3cc(/C=C4\C(=O)c5ccccc5C4=C(C#N)C#N)sc3c(F)c2-c2sc3c4c(sc3c21)-c1c(cc2cc(/C=C3\C(=O)c5ccccc5C3=C(C#N)C#N)sc2c1F)C4(C)C. The number of halogens is 2. The molecule has 0 radical (unpaired) electrons. The van der Waals surface area contributed by atoms with Crippen molar-refractivity contribution in [3.05, 3.63) is 161 Å². The second kappa shape index (κ2) is 13.6. The number of fused-ring (bicyclic) bond motifs is 13. The van der Waals surface area contributed by atoms with E-state index in [4.69, 9.17) is 0 Å². The zero-order valence-corrected chi connectivity index (χ0v) is 38.3. The lowest BCUT2D eigenvalue weighted by Crippen LogP contribution is -2.16. The van der Waals surface area contributed by atoms with E-state index in [1.807, 2.05) is 48.5 Å². The predicted molar refractivity (Wildman–Crippen MR) is 259 cm³/mol. The van der Waals surface area contributed by atoms with Crippen molar-refractivity contribution in [3.63, 3.8) is 0 Å².